The molecule has 26 heavy (non-hydrogen) atoms. The Morgan fingerprint density at radius 3 is 2.38 bits per heavy atom. The summed E-state index contributed by atoms with van der Waals surface area (Å²) in [5.74, 6) is -1.10. The molecule has 138 valence electrons. The predicted molar refractivity (Wildman–Crippen MR) is 91.5 cm³/mol. The molecular formula is C18H18FNO5S. The number of morpholine rings is 1. The van der Waals surface area contributed by atoms with Gasteiger partial charge in [-0.15, -0.1) is 0 Å². The van der Waals surface area contributed by atoms with Gasteiger partial charge in [0.25, 0.3) is 0 Å². The SMILES string of the molecule is O=C(OCc1ccccc1F)c1ccc(S(=O)(=O)N2CCOCC2)cc1. The molecular weight excluding hydrogens is 361 g/mol. The highest BCUT2D eigenvalue weighted by Gasteiger charge is 2.26. The van der Waals surface area contributed by atoms with Crippen molar-refractivity contribution in [2.45, 2.75) is 11.5 Å². The maximum absolute atomic E-state index is 13.5. The summed E-state index contributed by atoms with van der Waals surface area (Å²) in [6.45, 7) is 1.13. The highest BCUT2D eigenvalue weighted by atomic mass is 32.2. The van der Waals surface area contributed by atoms with Crippen molar-refractivity contribution in [2.24, 2.45) is 0 Å². The van der Waals surface area contributed by atoms with E-state index in [0.29, 0.717) is 26.3 Å². The van der Waals surface area contributed by atoms with Crippen molar-refractivity contribution in [3.63, 3.8) is 0 Å². The van der Waals surface area contributed by atoms with Crippen molar-refractivity contribution >= 4 is 16.0 Å². The molecule has 0 radical (unpaired) electrons. The lowest BCUT2D eigenvalue weighted by Gasteiger charge is -2.26. The largest absolute Gasteiger partial charge is 0.457 e. The molecule has 1 heterocycles. The molecule has 1 aliphatic rings. The highest BCUT2D eigenvalue weighted by molar-refractivity contribution is 7.89. The number of hydrogen-bond donors (Lipinski definition) is 0. The lowest BCUT2D eigenvalue weighted by Crippen LogP contribution is -2.40. The normalized spacial score (nSPS) is 15.6. The van der Waals surface area contributed by atoms with E-state index in [-0.39, 0.29) is 22.6 Å². The molecule has 0 spiro atoms. The fourth-order valence-electron chi connectivity index (χ4n) is 2.54. The van der Waals surface area contributed by atoms with Crippen molar-refractivity contribution < 1.29 is 27.1 Å². The molecule has 3 rings (SSSR count). The summed E-state index contributed by atoms with van der Waals surface area (Å²) < 4.78 is 50.2. The third-order valence-electron chi connectivity index (χ3n) is 4.01. The summed E-state index contributed by atoms with van der Waals surface area (Å²) in [5, 5.41) is 0. The molecule has 2 aromatic rings. The molecule has 0 aliphatic carbocycles. The maximum atomic E-state index is 13.5. The van der Waals surface area contributed by atoms with Gasteiger partial charge in [-0.2, -0.15) is 4.31 Å². The van der Waals surface area contributed by atoms with Crippen LogP contribution in [0.5, 0.6) is 0 Å². The van der Waals surface area contributed by atoms with Crippen LogP contribution >= 0.6 is 0 Å². The lowest BCUT2D eigenvalue weighted by molar-refractivity contribution is 0.0469. The van der Waals surface area contributed by atoms with Crippen molar-refractivity contribution in [1.29, 1.82) is 0 Å². The van der Waals surface area contributed by atoms with Gasteiger partial charge in [0.05, 0.1) is 23.7 Å². The first-order chi connectivity index (χ1) is 12.5. The highest BCUT2D eigenvalue weighted by Crippen LogP contribution is 2.18. The average molecular weight is 379 g/mol. The predicted octanol–water partition coefficient (Wildman–Crippen LogP) is 2.20. The van der Waals surface area contributed by atoms with Gasteiger partial charge in [-0.05, 0) is 30.3 Å². The van der Waals surface area contributed by atoms with Crippen LogP contribution in [0.2, 0.25) is 0 Å². The number of carbonyl (C=O) groups is 1. The summed E-state index contributed by atoms with van der Waals surface area (Å²) in [7, 11) is -3.61. The van der Waals surface area contributed by atoms with E-state index in [4.69, 9.17) is 9.47 Å². The number of benzene rings is 2. The molecule has 1 fully saturated rings. The Labute approximate surface area is 151 Å². The van der Waals surface area contributed by atoms with Crippen molar-refractivity contribution in [1.82, 2.24) is 4.31 Å². The third-order valence-corrected chi connectivity index (χ3v) is 5.93. The zero-order valence-corrected chi connectivity index (χ0v) is 14.7. The van der Waals surface area contributed by atoms with Crippen LogP contribution in [0, 0.1) is 5.82 Å². The molecule has 0 saturated carbocycles. The Kier molecular flexibility index (Phi) is 5.65. The van der Waals surface area contributed by atoms with Gasteiger partial charge in [0, 0.05) is 18.7 Å². The number of esters is 1. The van der Waals surface area contributed by atoms with Gasteiger partial charge in [-0.1, -0.05) is 18.2 Å². The molecule has 0 unspecified atom stereocenters. The Balaban J connectivity index is 1.67. The molecule has 0 atom stereocenters. The van der Waals surface area contributed by atoms with Gasteiger partial charge in [-0.25, -0.2) is 17.6 Å². The monoisotopic (exact) mass is 379 g/mol. The summed E-state index contributed by atoms with van der Waals surface area (Å²) in [5.41, 5.74) is 0.467. The van der Waals surface area contributed by atoms with E-state index < -0.39 is 21.8 Å². The molecule has 0 N–H and O–H groups in total. The summed E-state index contributed by atoms with van der Waals surface area (Å²) >= 11 is 0. The number of halogens is 1. The van der Waals surface area contributed by atoms with Crippen LogP contribution in [0.1, 0.15) is 15.9 Å². The second-order valence-electron chi connectivity index (χ2n) is 5.71. The van der Waals surface area contributed by atoms with E-state index in [1.807, 2.05) is 0 Å². The Morgan fingerprint density at radius 2 is 1.73 bits per heavy atom. The smallest absolute Gasteiger partial charge is 0.338 e. The van der Waals surface area contributed by atoms with Crippen molar-refractivity contribution in [3.05, 3.63) is 65.5 Å². The Hall–Kier alpha value is -2.29. The van der Waals surface area contributed by atoms with E-state index in [2.05, 4.69) is 0 Å². The minimum absolute atomic E-state index is 0.102. The number of carbonyl (C=O) groups excluding carboxylic acids is 1. The lowest BCUT2D eigenvalue weighted by atomic mass is 10.2. The molecule has 2 aromatic carbocycles. The summed E-state index contributed by atoms with van der Waals surface area (Å²) in [4.78, 5) is 12.2. The van der Waals surface area contributed by atoms with Crippen molar-refractivity contribution in [3.8, 4) is 0 Å². The summed E-state index contributed by atoms with van der Waals surface area (Å²) in [6, 6.07) is 11.5. The van der Waals surface area contributed by atoms with Gasteiger partial charge in [0.1, 0.15) is 12.4 Å². The number of ether oxygens (including phenoxy) is 2. The van der Waals surface area contributed by atoms with E-state index in [0.717, 1.165) is 0 Å². The number of hydrogen-bond acceptors (Lipinski definition) is 5. The quantitative estimate of drug-likeness (QED) is 0.745. The van der Waals surface area contributed by atoms with E-state index in [1.54, 1.807) is 12.1 Å². The first kappa shape index (κ1) is 18.5. The second kappa shape index (κ2) is 7.94. The van der Waals surface area contributed by atoms with Crippen LogP contribution in [-0.2, 0) is 26.1 Å². The van der Waals surface area contributed by atoms with Crippen LogP contribution in [0.4, 0.5) is 4.39 Å². The first-order valence-electron chi connectivity index (χ1n) is 8.07. The third kappa shape index (κ3) is 4.09. The molecule has 1 saturated heterocycles. The first-order valence-corrected chi connectivity index (χ1v) is 9.51. The average Bonchev–Trinajstić information content (AvgIpc) is 2.68. The molecule has 0 bridgehead atoms. The maximum Gasteiger partial charge on any atom is 0.338 e. The van der Waals surface area contributed by atoms with E-state index in [9.17, 15) is 17.6 Å². The van der Waals surface area contributed by atoms with Crippen LogP contribution in [0.25, 0.3) is 0 Å². The topological polar surface area (TPSA) is 72.9 Å². The fourth-order valence-corrected chi connectivity index (χ4v) is 3.95. The Bertz CT molecular complexity index is 877. The number of sulfonamides is 1. The van der Waals surface area contributed by atoms with E-state index >= 15 is 0 Å². The standard InChI is InChI=1S/C18H18FNO5S/c19-17-4-2-1-3-15(17)13-25-18(21)14-5-7-16(8-6-14)26(22,23)20-9-11-24-12-10-20/h1-8H,9-13H2. The minimum atomic E-state index is -3.61. The van der Waals surface area contributed by atoms with Gasteiger partial charge in [0.15, 0.2) is 0 Å². The Morgan fingerprint density at radius 1 is 1.08 bits per heavy atom. The van der Waals surface area contributed by atoms with Gasteiger partial charge in [0.2, 0.25) is 10.0 Å². The molecule has 0 aromatic heterocycles. The second-order valence-corrected chi connectivity index (χ2v) is 7.65. The number of rotatable bonds is 5. The van der Waals surface area contributed by atoms with Crippen LogP contribution < -0.4 is 0 Å². The van der Waals surface area contributed by atoms with Crippen LogP contribution in [0.3, 0.4) is 0 Å². The van der Waals surface area contributed by atoms with E-state index in [1.165, 1.54) is 40.7 Å². The zero-order valence-electron chi connectivity index (χ0n) is 13.9. The van der Waals surface area contributed by atoms with Crippen molar-refractivity contribution in [2.75, 3.05) is 26.3 Å². The molecule has 8 heteroatoms. The van der Waals surface area contributed by atoms with Gasteiger partial charge in [-0.3, -0.25) is 0 Å². The fraction of sp³-hybridized carbons (Fsp3) is 0.278. The minimum Gasteiger partial charge on any atom is -0.457 e. The zero-order chi connectivity index (χ0) is 18.6. The number of nitrogens with zero attached hydrogens (tertiary/aromatic N) is 1. The van der Waals surface area contributed by atoms with Gasteiger partial charge < -0.3 is 9.47 Å². The van der Waals surface area contributed by atoms with Crippen LogP contribution in [-0.4, -0.2) is 45.0 Å². The molecule has 6 nitrogen and oxygen atoms in total. The van der Waals surface area contributed by atoms with Gasteiger partial charge >= 0.3 is 5.97 Å². The molecule has 1 aliphatic heterocycles. The van der Waals surface area contributed by atoms with Crippen LogP contribution in [0.15, 0.2) is 53.4 Å². The summed E-state index contributed by atoms with van der Waals surface area (Å²) in [6.07, 6.45) is 0. The molecule has 0 amide bonds.